The van der Waals surface area contributed by atoms with Crippen molar-refractivity contribution in [3.63, 3.8) is 0 Å². The van der Waals surface area contributed by atoms with Crippen molar-refractivity contribution in [3.05, 3.63) is 19.2 Å². The van der Waals surface area contributed by atoms with Gasteiger partial charge < -0.3 is 4.90 Å². The van der Waals surface area contributed by atoms with E-state index in [0.29, 0.717) is 12.5 Å². The monoisotopic (exact) mass is 427 g/mol. The van der Waals surface area contributed by atoms with Gasteiger partial charge in [0.1, 0.15) is 6.54 Å². The molecule has 0 fully saturated rings. The zero-order valence-electron chi connectivity index (χ0n) is 8.73. The molecule has 1 heterocycles. The van der Waals surface area contributed by atoms with Crippen LogP contribution in [0.4, 0.5) is 13.2 Å². The Morgan fingerprint density at radius 2 is 2.06 bits per heavy atom. The Hall–Kier alpha value is 0.210. The van der Waals surface area contributed by atoms with E-state index in [1.165, 1.54) is 17.4 Å². The van der Waals surface area contributed by atoms with Crippen LogP contribution in [0.2, 0.25) is 0 Å². The third-order valence-corrected chi connectivity index (χ3v) is 4.41. The number of nitrogens with zero attached hydrogens (tertiary/aromatic N) is 1. The van der Waals surface area contributed by atoms with Crippen molar-refractivity contribution in [1.82, 2.24) is 4.90 Å². The first-order chi connectivity index (χ1) is 8.24. The van der Waals surface area contributed by atoms with E-state index in [4.69, 9.17) is 11.6 Å². The molecule has 1 rings (SSSR count). The van der Waals surface area contributed by atoms with Crippen LogP contribution in [0.1, 0.15) is 10.4 Å². The predicted molar refractivity (Wildman–Crippen MR) is 72.4 cm³/mol. The molecule has 0 bridgehead atoms. The van der Waals surface area contributed by atoms with Gasteiger partial charge in [0.05, 0.1) is 13.1 Å². The Kier molecular flexibility index (Phi) is 5.95. The summed E-state index contributed by atoms with van der Waals surface area (Å²) in [4.78, 5) is 12.7. The van der Waals surface area contributed by atoms with Crippen molar-refractivity contribution >= 4 is 60.7 Å². The minimum atomic E-state index is -4.44. The lowest BCUT2D eigenvalue weighted by Gasteiger charge is -2.22. The van der Waals surface area contributed by atoms with E-state index < -0.39 is 18.6 Å². The fraction of sp³-hybridized carbons (Fsp3) is 0.444. The largest absolute Gasteiger partial charge is 0.406 e. The van der Waals surface area contributed by atoms with Gasteiger partial charge in [-0.25, -0.2) is 0 Å². The van der Waals surface area contributed by atoms with Gasteiger partial charge in [0.2, 0.25) is 0 Å². The second-order valence-electron chi connectivity index (χ2n) is 3.27. The average molecular weight is 429 g/mol. The summed E-state index contributed by atoms with van der Waals surface area (Å²) in [7, 11) is 0. The van der Waals surface area contributed by atoms with E-state index in [0.717, 1.165) is 0 Å². The lowest BCUT2D eigenvalue weighted by atomic mass is 10.3. The van der Waals surface area contributed by atoms with Crippen LogP contribution in [-0.4, -0.2) is 36.0 Å². The quantitative estimate of drug-likeness (QED) is 0.645. The standard InChI is InChI=1S/C9H7Br2ClF3NOS/c10-6-3-5(7(11)18-6)8(17)16(2-1-12)4-9(13,14)15/h3H,1-2,4H2. The SMILES string of the molecule is O=C(c1cc(Br)sc1Br)N(CCCl)CC(F)(F)F. The molecule has 0 aliphatic rings. The Labute approximate surface area is 127 Å². The fourth-order valence-corrected chi connectivity index (χ4v) is 4.21. The first kappa shape index (κ1) is 16.3. The molecule has 1 aromatic heterocycles. The van der Waals surface area contributed by atoms with Crippen molar-refractivity contribution in [1.29, 1.82) is 0 Å². The van der Waals surface area contributed by atoms with E-state index in [1.807, 2.05) is 0 Å². The van der Waals surface area contributed by atoms with Crippen molar-refractivity contribution in [2.24, 2.45) is 0 Å². The number of rotatable bonds is 4. The Morgan fingerprint density at radius 3 is 2.44 bits per heavy atom. The van der Waals surface area contributed by atoms with Gasteiger partial charge in [-0.05, 0) is 37.9 Å². The van der Waals surface area contributed by atoms with E-state index in [9.17, 15) is 18.0 Å². The molecule has 1 aromatic rings. The summed E-state index contributed by atoms with van der Waals surface area (Å²) in [6.07, 6.45) is -4.44. The minimum Gasteiger partial charge on any atom is -0.328 e. The number of hydrogen-bond acceptors (Lipinski definition) is 2. The van der Waals surface area contributed by atoms with Gasteiger partial charge in [0.25, 0.3) is 5.91 Å². The summed E-state index contributed by atoms with van der Waals surface area (Å²) in [6, 6.07) is 1.48. The van der Waals surface area contributed by atoms with Crippen LogP contribution in [0, 0.1) is 0 Å². The highest BCUT2D eigenvalue weighted by molar-refractivity contribution is 9.12. The summed E-state index contributed by atoms with van der Waals surface area (Å²) >= 11 is 13.0. The summed E-state index contributed by atoms with van der Waals surface area (Å²) in [5.74, 6) is -0.744. The van der Waals surface area contributed by atoms with Gasteiger partial charge in [-0.2, -0.15) is 13.2 Å². The van der Waals surface area contributed by atoms with Crippen molar-refractivity contribution in [2.75, 3.05) is 19.0 Å². The first-order valence-electron chi connectivity index (χ1n) is 4.61. The Balaban J connectivity index is 2.92. The molecule has 2 nitrogen and oxygen atoms in total. The van der Waals surface area contributed by atoms with Gasteiger partial charge >= 0.3 is 6.18 Å². The maximum Gasteiger partial charge on any atom is 0.406 e. The van der Waals surface area contributed by atoms with E-state index in [-0.39, 0.29) is 18.0 Å². The van der Waals surface area contributed by atoms with Gasteiger partial charge in [0.15, 0.2) is 0 Å². The highest BCUT2D eigenvalue weighted by Gasteiger charge is 2.33. The molecule has 0 unspecified atom stereocenters. The molecule has 102 valence electrons. The van der Waals surface area contributed by atoms with Crippen LogP contribution in [0.25, 0.3) is 0 Å². The highest BCUT2D eigenvalue weighted by Crippen LogP contribution is 2.33. The molecule has 9 heteroatoms. The normalized spacial score (nSPS) is 11.7. The summed E-state index contributed by atoms with van der Waals surface area (Å²) in [5, 5.41) is 0. The van der Waals surface area contributed by atoms with Crippen LogP contribution in [-0.2, 0) is 0 Å². The predicted octanol–water partition coefficient (Wildman–Crippen LogP) is 4.52. The third-order valence-electron chi connectivity index (χ3n) is 1.90. The number of amides is 1. The smallest absolute Gasteiger partial charge is 0.328 e. The van der Waals surface area contributed by atoms with Crippen LogP contribution in [0.3, 0.4) is 0 Å². The highest BCUT2D eigenvalue weighted by atomic mass is 79.9. The van der Waals surface area contributed by atoms with E-state index >= 15 is 0 Å². The first-order valence-corrected chi connectivity index (χ1v) is 7.55. The minimum absolute atomic E-state index is 0.0508. The Morgan fingerprint density at radius 1 is 1.44 bits per heavy atom. The number of hydrogen-bond donors (Lipinski definition) is 0. The molecule has 0 N–H and O–H groups in total. The number of thiophene rings is 1. The maximum atomic E-state index is 12.4. The molecule has 0 saturated heterocycles. The zero-order valence-corrected chi connectivity index (χ0v) is 13.5. The van der Waals surface area contributed by atoms with Crippen LogP contribution >= 0.6 is 54.8 Å². The van der Waals surface area contributed by atoms with Crippen LogP contribution in [0.15, 0.2) is 13.6 Å². The van der Waals surface area contributed by atoms with Gasteiger partial charge in [0, 0.05) is 12.4 Å². The summed E-state index contributed by atoms with van der Waals surface area (Å²) in [5.41, 5.74) is 0.196. The van der Waals surface area contributed by atoms with Crippen LogP contribution in [0.5, 0.6) is 0 Å². The molecular formula is C9H7Br2ClF3NOS. The average Bonchev–Trinajstić information content (AvgIpc) is 2.54. The second kappa shape index (κ2) is 6.58. The molecule has 0 saturated carbocycles. The lowest BCUT2D eigenvalue weighted by molar-refractivity contribution is -0.140. The van der Waals surface area contributed by atoms with Crippen molar-refractivity contribution in [3.8, 4) is 0 Å². The molecule has 0 spiro atoms. The maximum absolute atomic E-state index is 12.4. The van der Waals surface area contributed by atoms with Crippen molar-refractivity contribution < 1.29 is 18.0 Å². The number of halogens is 6. The van der Waals surface area contributed by atoms with Gasteiger partial charge in [-0.15, -0.1) is 22.9 Å². The number of carbonyl (C=O) groups excluding carboxylic acids is 1. The van der Waals surface area contributed by atoms with Gasteiger partial charge in [-0.1, -0.05) is 0 Å². The Bertz CT molecular complexity index is 438. The molecule has 1 amide bonds. The lowest BCUT2D eigenvalue weighted by Crippen LogP contribution is -2.40. The fourth-order valence-electron chi connectivity index (χ4n) is 1.23. The second-order valence-corrected chi connectivity index (χ2v) is 7.40. The molecule has 0 aliphatic carbocycles. The van der Waals surface area contributed by atoms with Crippen LogP contribution < -0.4 is 0 Å². The summed E-state index contributed by atoms with van der Waals surface area (Å²) < 4.78 is 38.2. The molecule has 0 radical (unpaired) electrons. The molecule has 0 atom stereocenters. The van der Waals surface area contributed by atoms with Crippen molar-refractivity contribution in [2.45, 2.75) is 6.18 Å². The van der Waals surface area contributed by atoms with E-state index in [2.05, 4.69) is 31.9 Å². The number of alkyl halides is 4. The molecular weight excluding hydrogens is 422 g/mol. The number of carbonyl (C=O) groups is 1. The molecule has 18 heavy (non-hydrogen) atoms. The zero-order chi connectivity index (χ0) is 13.9. The van der Waals surface area contributed by atoms with E-state index in [1.54, 1.807) is 0 Å². The third kappa shape index (κ3) is 4.71. The summed E-state index contributed by atoms with van der Waals surface area (Å²) in [6.45, 7) is -1.46. The topological polar surface area (TPSA) is 20.3 Å². The molecule has 0 aromatic carbocycles. The van der Waals surface area contributed by atoms with Gasteiger partial charge in [-0.3, -0.25) is 4.79 Å². The molecule has 0 aliphatic heterocycles.